The van der Waals surface area contributed by atoms with E-state index < -0.39 is 6.04 Å². The number of nitrogens with two attached hydrogens (primary N) is 1. The van der Waals surface area contributed by atoms with Gasteiger partial charge in [-0.25, -0.2) is 4.39 Å². The highest BCUT2D eigenvalue weighted by Gasteiger charge is 2.23. The largest absolute Gasteiger partial charge is 0.368 e. The molecule has 0 saturated heterocycles. The number of halogens is 1. The van der Waals surface area contributed by atoms with Gasteiger partial charge in [0.2, 0.25) is 5.91 Å². The number of amides is 1. The molecule has 0 saturated carbocycles. The molecule has 0 spiro atoms. The molecule has 2 unspecified atom stereocenters. The molecular weight excluding hydrogens is 231 g/mol. The van der Waals surface area contributed by atoms with E-state index in [2.05, 4.69) is 5.32 Å². The number of carbonyl (C=O) groups excluding carboxylic acids is 1. The van der Waals surface area contributed by atoms with Crippen molar-refractivity contribution in [1.29, 1.82) is 0 Å². The van der Waals surface area contributed by atoms with Crippen LogP contribution in [0.15, 0.2) is 24.3 Å². The van der Waals surface area contributed by atoms with E-state index in [1.807, 2.05) is 26.8 Å². The first-order valence-corrected chi connectivity index (χ1v) is 6.26. The van der Waals surface area contributed by atoms with Crippen LogP contribution in [0.5, 0.6) is 0 Å². The predicted octanol–water partition coefficient (Wildman–Crippen LogP) is 2.38. The van der Waals surface area contributed by atoms with Gasteiger partial charge in [0.25, 0.3) is 0 Å². The normalized spacial score (nSPS) is 14.5. The molecule has 1 aromatic rings. The van der Waals surface area contributed by atoms with Crippen molar-refractivity contribution >= 4 is 5.91 Å². The third-order valence-corrected chi connectivity index (χ3v) is 3.01. The second kappa shape index (κ2) is 6.50. The van der Waals surface area contributed by atoms with Crippen LogP contribution in [0.2, 0.25) is 0 Å². The molecule has 0 bridgehead atoms. The lowest BCUT2D eigenvalue weighted by Gasteiger charge is -2.25. The van der Waals surface area contributed by atoms with Crippen LogP contribution in [0.4, 0.5) is 4.39 Å². The average Bonchev–Trinajstić information content (AvgIpc) is 2.29. The van der Waals surface area contributed by atoms with E-state index in [9.17, 15) is 9.18 Å². The molecule has 2 atom stereocenters. The second-order valence-corrected chi connectivity index (χ2v) is 4.81. The Balaban J connectivity index is 2.87. The minimum absolute atomic E-state index is 0.0689. The van der Waals surface area contributed by atoms with E-state index >= 15 is 0 Å². The Labute approximate surface area is 108 Å². The van der Waals surface area contributed by atoms with Crippen molar-refractivity contribution in [3.05, 3.63) is 35.6 Å². The summed E-state index contributed by atoms with van der Waals surface area (Å²) in [6, 6.07) is 5.94. The molecule has 0 radical (unpaired) electrons. The van der Waals surface area contributed by atoms with Gasteiger partial charge in [-0.3, -0.25) is 10.1 Å². The number of rotatable bonds is 6. The molecule has 1 amide bonds. The van der Waals surface area contributed by atoms with E-state index in [4.69, 9.17) is 5.73 Å². The van der Waals surface area contributed by atoms with E-state index in [-0.39, 0.29) is 23.7 Å². The van der Waals surface area contributed by atoms with Gasteiger partial charge in [-0.15, -0.1) is 0 Å². The Bertz CT molecular complexity index is 407. The van der Waals surface area contributed by atoms with Crippen molar-refractivity contribution in [3.8, 4) is 0 Å². The van der Waals surface area contributed by atoms with Crippen molar-refractivity contribution in [2.24, 2.45) is 11.7 Å². The summed E-state index contributed by atoms with van der Waals surface area (Å²) in [5.41, 5.74) is 6.21. The highest BCUT2D eigenvalue weighted by atomic mass is 19.1. The summed E-state index contributed by atoms with van der Waals surface area (Å²) < 4.78 is 13.2. The molecule has 0 aliphatic heterocycles. The van der Waals surface area contributed by atoms with Crippen molar-refractivity contribution < 1.29 is 9.18 Å². The molecule has 3 N–H and O–H groups in total. The number of hydrogen-bond acceptors (Lipinski definition) is 2. The zero-order valence-corrected chi connectivity index (χ0v) is 11.1. The van der Waals surface area contributed by atoms with Crippen LogP contribution < -0.4 is 11.1 Å². The number of benzene rings is 1. The zero-order chi connectivity index (χ0) is 13.7. The summed E-state index contributed by atoms with van der Waals surface area (Å²) >= 11 is 0. The highest BCUT2D eigenvalue weighted by Crippen LogP contribution is 2.19. The Hall–Kier alpha value is -1.42. The quantitative estimate of drug-likeness (QED) is 0.816. The zero-order valence-electron chi connectivity index (χ0n) is 11.1. The Kier molecular flexibility index (Phi) is 5.28. The minimum Gasteiger partial charge on any atom is -0.368 e. The maximum absolute atomic E-state index is 13.2. The van der Waals surface area contributed by atoms with Crippen molar-refractivity contribution in [1.82, 2.24) is 5.32 Å². The van der Waals surface area contributed by atoms with E-state index in [0.29, 0.717) is 0 Å². The molecule has 100 valence electrons. The van der Waals surface area contributed by atoms with E-state index in [0.717, 1.165) is 12.0 Å². The number of nitrogens with one attached hydrogen (secondary N) is 1. The maximum atomic E-state index is 13.2. The molecule has 18 heavy (non-hydrogen) atoms. The first-order valence-electron chi connectivity index (χ1n) is 6.26. The molecule has 0 fully saturated rings. The Morgan fingerprint density at radius 1 is 1.44 bits per heavy atom. The fourth-order valence-electron chi connectivity index (χ4n) is 1.99. The fourth-order valence-corrected chi connectivity index (χ4v) is 1.99. The van der Waals surface area contributed by atoms with Gasteiger partial charge >= 0.3 is 0 Å². The second-order valence-electron chi connectivity index (χ2n) is 4.81. The average molecular weight is 252 g/mol. The van der Waals surface area contributed by atoms with Gasteiger partial charge < -0.3 is 5.73 Å². The third kappa shape index (κ3) is 3.81. The van der Waals surface area contributed by atoms with Gasteiger partial charge in [0.05, 0.1) is 6.04 Å². The van der Waals surface area contributed by atoms with Crippen molar-refractivity contribution in [3.63, 3.8) is 0 Å². The van der Waals surface area contributed by atoms with E-state index in [1.165, 1.54) is 12.1 Å². The minimum atomic E-state index is -0.404. The summed E-state index contributed by atoms with van der Waals surface area (Å²) in [6.07, 6.45) is 0.764. The molecule has 4 heteroatoms. The van der Waals surface area contributed by atoms with Crippen LogP contribution in [0.1, 0.15) is 38.8 Å². The number of primary amides is 1. The molecular formula is C14H21FN2O. The molecule has 0 aromatic heterocycles. The van der Waals surface area contributed by atoms with Crippen LogP contribution in [0, 0.1) is 11.7 Å². The van der Waals surface area contributed by atoms with Crippen LogP contribution in [0.25, 0.3) is 0 Å². The highest BCUT2D eigenvalue weighted by molar-refractivity contribution is 5.80. The predicted molar refractivity (Wildman–Crippen MR) is 70.4 cm³/mol. The monoisotopic (exact) mass is 252 g/mol. The maximum Gasteiger partial charge on any atom is 0.234 e. The van der Waals surface area contributed by atoms with Gasteiger partial charge in [-0.2, -0.15) is 0 Å². The lowest BCUT2D eigenvalue weighted by atomic mass is 9.98. The Morgan fingerprint density at radius 3 is 2.56 bits per heavy atom. The lowest BCUT2D eigenvalue weighted by Crippen LogP contribution is -2.46. The van der Waals surface area contributed by atoms with Gasteiger partial charge in [0, 0.05) is 6.04 Å². The lowest BCUT2D eigenvalue weighted by molar-refractivity contribution is -0.121. The molecule has 0 aliphatic rings. The molecule has 1 rings (SSSR count). The van der Waals surface area contributed by atoms with Crippen LogP contribution >= 0.6 is 0 Å². The van der Waals surface area contributed by atoms with Crippen LogP contribution in [0.3, 0.4) is 0 Å². The number of hydrogen-bond donors (Lipinski definition) is 2. The molecule has 0 heterocycles. The number of carbonyl (C=O) groups is 1. The van der Waals surface area contributed by atoms with E-state index in [1.54, 1.807) is 6.07 Å². The first-order chi connectivity index (χ1) is 8.45. The first kappa shape index (κ1) is 14.6. The summed E-state index contributed by atoms with van der Waals surface area (Å²) in [4.78, 5) is 11.4. The Morgan fingerprint density at radius 2 is 2.11 bits per heavy atom. The summed E-state index contributed by atoms with van der Waals surface area (Å²) in [5, 5.41) is 3.20. The summed E-state index contributed by atoms with van der Waals surface area (Å²) in [6.45, 7) is 5.85. The molecule has 0 aliphatic carbocycles. The topological polar surface area (TPSA) is 55.1 Å². The van der Waals surface area contributed by atoms with Gasteiger partial charge in [-0.1, -0.05) is 32.9 Å². The third-order valence-electron chi connectivity index (χ3n) is 3.01. The van der Waals surface area contributed by atoms with Crippen molar-refractivity contribution in [2.45, 2.75) is 39.3 Å². The van der Waals surface area contributed by atoms with Crippen LogP contribution in [-0.4, -0.2) is 11.9 Å². The van der Waals surface area contributed by atoms with Gasteiger partial charge in [0.1, 0.15) is 5.82 Å². The van der Waals surface area contributed by atoms with Gasteiger partial charge in [0.15, 0.2) is 0 Å². The summed E-state index contributed by atoms with van der Waals surface area (Å²) in [5.74, 6) is -0.544. The SMILES string of the molecule is CCC(NC(C(N)=O)C(C)C)c1cccc(F)c1. The van der Waals surface area contributed by atoms with Crippen LogP contribution in [-0.2, 0) is 4.79 Å². The fraction of sp³-hybridized carbons (Fsp3) is 0.500. The standard InChI is InChI=1S/C14H21FN2O/c1-4-12(10-6-5-7-11(15)8-10)17-13(9(2)3)14(16)18/h5-9,12-13,17H,4H2,1-3H3,(H2,16,18). The summed E-state index contributed by atoms with van der Waals surface area (Å²) in [7, 11) is 0. The van der Waals surface area contributed by atoms with Crippen molar-refractivity contribution in [2.75, 3.05) is 0 Å². The molecule has 1 aromatic carbocycles. The molecule has 3 nitrogen and oxygen atoms in total. The smallest absolute Gasteiger partial charge is 0.234 e. The van der Waals surface area contributed by atoms with Gasteiger partial charge in [-0.05, 0) is 30.0 Å².